The molecule has 0 spiro atoms. The Morgan fingerprint density at radius 1 is 1.33 bits per heavy atom. The summed E-state index contributed by atoms with van der Waals surface area (Å²) in [6, 6.07) is 1.96. The summed E-state index contributed by atoms with van der Waals surface area (Å²) in [5.74, 6) is 0. The number of hydrogen-bond acceptors (Lipinski definition) is 1. The summed E-state index contributed by atoms with van der Waals surface area (Å²) in [7, 11) is 0. The summed E-state index contributed by atoms with van der Waals surface area (Å²) in [6.45, 7) is 7.37. The fourth-order valence-corrected chi connectivity index (χ4v) is 1.63. The summed E-state index contributed by atoms with van der Waals surface area (Å²) in [5, 5.41) is 0. The molecular weight excluding hydrogens is 189 g/mol. The van der Waals surface area contributed by atoms with Gasteiger partial charge in [0.2, 0.25) is 0 Å². The van der Waals surface area contributed by atoms with Gasteiger partial charge < -0.3 is 0 Å². The second kappa shape index (κ2) is 4.73. The number of pyridine rings is 1. The number of halogens is 1. The van der Waals surface area contributed by atoms with Crippen LogP contribution in [0.1, 0.15) is 50.9 Å². The first-order valence-electron chi connectivity index (χ1n) is 5.66. The van der Waals surface area contributed by atoms with Crippen molar-refractivity contribution in [3.8, 4) is 0 Å². The van der Waals surface area contributed by atoms with Crippen molar-refractivity contribution in [3.63, 3.8) is 0 Å². The van der Waals surface area contributed by atoms with E-state index in [4.69, 9.17) is 0 Å². The molecule has 0 radical (unpaired) electrons. The molecule has 0 unspecified atom stereocenters. The minimum Gasteiger partial charge on any atom is -0.261 e. The Hall–Kier alpha value is -0.920. The minimum atomic E-state index is -1.29. The molecule has 0 aliphatic rings. The fraction of sp³-hybridized carbons (Fsp3) is 0.615. The van der Waals surface area contributed by atoms with E-state index in [0.29, 0.717) is 5.56 Å². The van der Waals surface area contributed by atoms with Crippen molar-refractivity contribution in [2.75, 3.05) is 0 Å². The van der Waals surface area contributed by atoms with E-state index in [1.807, 2.05) is 6.07 Å². The van der Waals surface area contributed by atoms with Gasteiger partial charge in [0.25, 0.3) is 0 Å². The molecule has 1 nitrogen and oxygen atoms in total. The first-order chi connectivity index (χ1) is 6.99. The average molecular weight is 209 g/mol. The third-order valence-electron chi connectivity index (χ3n) is 2.61. The van der Waals surface area contributed by atoms with Crippen LogP contribution in [0, 0.1) is 0 Å². The zero-order valence-electron chi connectivity index (χ0n) is 10.1. The molecular formula is C13H20FN. The molecule has 0 aliphatic heterocycles. The lowest BCUT2D eigenvalue weighted by molar-refractivity contribution is 0.220. The molecule has 0 saturated carbocycles. The molecule has 1 rings (SSSR count). The standard InChI is InChI=1S/C13H20FN/c1-5-7-12-10(6-2)8-11(9-15-12)13(3,4)14/h8-9H,5-7H2,1-4H3. The van der Waals surface area contributed by atoms with Crippen LogP contribution >= 0.6 is 0 Å². The Morgan fingerprint density at radius 3 is 2.47 bits per heavy atom. The molecule has 1 aromatic heterocycles. The van der Waals surface area contributed by atoms with Crippen molar-refractivity contribution >= 4 is 0 Å². The maximum absolute atomic E-state index is 13.7. The lowest BCUT2D eigenvalue weighted by atomic mass is 9.97. The molecule has 0 saturated heterocycles. The maximum Gasteiger partial charge on any atom is 0.131 e. The van der Waals surface area contributed by atoms with E-state index in [0.717, 1.165) is 25.0 Å². The number of hydrogen-bond donors (Lipinski definition) is 0. The van der Waals surface area contributed by atoms with Crippen molar-refractivity contribution in [2.24, 2.45) is 0 Å². The van der Waals surface area contributed by atoms with Gasteiger partial charge in [-0.15, -0.1) is 0 Å². The Morgan fingerprint density at radius 2 is 2.00 bits per heavy atom. The van der Waals surface area contributed by atoms with Gasteiger partial charge in [-0.25, -0.2) is 4.39 Å². The van der Waals surface area contributed by atoms with E-state index < -0.39 is 5.67 Å². The molecule has 1 aromatic rings. The number of alkyl halides is 1. The average Bonchev–Trinajstić information content (AvgIpc) is 2.17. The smallest absolute Gasteiger partial charge is 0.131 e. The molecule has 2 heteroatoms. The van der Waals surface area contributed by atoms with Crippen LogP contribution in [-0.2, 0) is 18.5 Å². The molecule has 1 heterocycles. The van der Waals surface area contributed by atoms with Crippen LogP contribution in [0.4, 0.5) is 4.39 Å². The molecule has 0 N–H and O–H groups in total. The molecule has 84 valence electrons. The number of aromatic nitrogens is 1. The van der Waals surface area contributed by atoms with Gasteiger partial charge in [-0.1, -0.05) is 20.3 Å². The molecule has 0 aliphatic carbocycles. The van der Waals surface area contributed by atoms with Crippen LogP contribution in [0.15, 0.2) is 12.3 Å². The highest BCUT2D eigenvalue weighted by molar-refractivity contribution is 5.28. The monoisotopic (exact) mass is 209 g/mol. The highest BCUT2D eigenvalue weighted by atomic mass is 19.1. The second-order valence-corrected chi connectivity index (χ2v) is 4.41. The summed E-state index contributed by atoms with van der Waals surface area (Å²) in [6.07, 6.45) is 4.66. The van der Waals surface area contributed by atoms with Gasteiger partial charge in [0.05, 0.1) is 0 Å². The number of nitrogens with zero attached hydrogens (tertiary/aromatic N) is 1. The SMILES string of the molecule is CCCc1ncc(C(C)(C)F)cc1CC. The zero-order valence-corrected chi connectivity index (χ0v) is 10.1. The molecule has 0 bridgehead atoms. The molecule has 0 aromatic carbocycles. The number of rotatable bonds is 4. The Balaban J connectivity index is 3.08. The first-order valence-corrected chi connectivity index (χ1v) is 5.66. The van der Waals surface area contributed by atoms with Crippen LogP contribution in [0.2, 0.25) is 0 Å². The van der Waals surface area contributed by atoms with Gasteiger partial charge in [-0.05, 0) is 38.3 Å². The topological polar surface area (TPSA) is 12.9 Å². The fourth-order valence-electron chi connectivity index (χ4n) is 1.63. The molecule has 0 amide bonds. The van der Waals surface area contributed by atoms with Crippen molar-refractivity contribution in [2.45, 2.75) is 52.6 Å². The van der Waals surface area contributed by atoms with Gasteiger partial charge in [0, 0.05) is 17.5 Å². The summed E-state index contributed by atoms with van der Waals surface area (Å²) >= 11 is 0. The third kappa shape index (κ3) is 3.01. The van der Waals surface area contributed by atoms with Crippen molar-refractivity contribution in [1.82, 2.24) is 4.98 Å². The highest BCUT2D eigenvalue weighted by Gasteiger charge is 2.20. The van der Waals surface area contributed by atoms with E-state index in [9.17, 15) is 4.39 Å². The molecule has 15 heavy (non-hydrogen) atoms. The lowest BCUT2D eigenvalue weighted by Crippen LogP contribution is -2.11. The summed E-state index contributed by atoms with van der Waals surface area (Å²) in [4.78, 5) is 4.37. The zero-order chi connectivity index (χ0) is 11.5. The van der Waals surface area contributed by atoms with Crippen molar-refractivity contribution in [3.05, 3.63) is 29.1 Å². The van der Waals surface area contributed by atoms with Gasteiger partial charge in [-0.3, -0.25) is 4.98 Å². The summed E-state index contributed by atoms with van der Waals surface area (Å²) < 4.78 is 13.7. The van der Waals surface area contributed by atoms with Crippen LogP contribution < -0.4 is 0 Å². The largest absolute Gasteiger partial charge is 0.261 e. The molecule has 0 atom stereocenters. The molecule has 0 fully saturated rings. The highest BCUT2D eigenvalue weighted by Crippen LogP contribution is 2.25. The summed E-state index contributed by atoms with van der Waals surface area (Å²) in [5.41, 5.74) is 1.69. The lowest BCUT2D eigenvalue weighted by Gasteiger charge is -2.16. The van der Waals surface area contributed by atoms with Gasteiger partial charge in [-0.2, -0.15) is 0 Å². The predicted octanol–water partition coefficient (Wildman–Crippen LogP) is 3.80. The van der Waals surface area contributed by atoms with Crippen LogP contribution in [0.3, 0.4) is 0 Å². The van der Waals surface area contributed by atoms with Crippen molar-refractivity contribution in [1.29, 1.82) is 0 Å². The van der Waals surface area contributed by atoms with Gasteiger partial charge in [0.1, 0.15) is 5.67 Å². The van der Waals surface area contributed by atoms with Gasteiger partial charge >= 0.3 is 0 Å². The van der Waals surface area contributed by atoms with Crippen molar-refractivity contribution < 1.29 is 4.39 Å². The van der Waals surface area contributed by atoms with E-state index in [1.165, 1.54) is 5.56 Å². The van der Waals surface area contributed by atoms with E-state index >= 15 is 0 Å². The quantitative estimate of drug-likeness (QED) is 0.735. The van der Waals surface area contributed by atoms with E-state index in [-0.39, 0.29) is 0 Å². The third-order valence-corrected chi connectivity index (χ3v) is 2.61. The Labute approximate surface area is 91.7 Å². The normalized spacial score (nSPS) is 11.8. The Kier molecular flexibility index (Phi) is 3.83. The van der Waals surface area contributed by atoms with E-state index in [1.54, 1.807) is 20.0 Å². The minimum absolute atomic E-state index is 0.680. The van der Waals surface area contributed by atoms with Crippen LogP contribution in [0.25, 0.3) is 0 Å². The first kappa shape index (κ1) is 12.2. The predicted molar refractivity (Wildman–Crippen MR) is 61.7 cm³/mol. The Bertz CT molecular complexity index is 326. The van der Waals surface area contributed by atoms with Gasteiger partial charge in [0.15, 0.2) is 0 Å². The van der Waals surface area contributed by atoms with E-state index in [2.05, 4.69) is 18.8 Å². The van der Waals surface area contributed by atoms with Crippen LogP contribution in [-0.4, -0.2) is 4.98 Å². The van der Waals surface area contributed by atoms with Crippen LogP contribution in [0.5, 0.6) is 0 Å². The maximum atomic E-state index is 13.7. The number of aryl methyl sites for hydroxylation is 2. The second-order valence-electron chi connectivity index (χ2n) is 4.41.